The summed E-state index contributed by atoms with van der Waals surface area (Å²) in [7, 11) is 0. The van der Waals surface area contributed by atoms with E-state index in [1.54, 1.807) is 0 Å². The summed E-state index contributed by atoms with van der Waals surface area (Å²) in [6.45, 7) is 3.98. The molecule has 0 saturated carbocycles. The molecule has 1 aromatic carbocycles. The van der Waals surface area contributed by atoms with E-state index in [2.05, 4.69) is 0 Å². The van der Waals surface area contributed by atoms with Crippen molar-refractivity contribution in [2.45, 2.75) is 13.8 Å². The lowest BCUT2D eigenvalue weighted by molar-refractivity contribution is 0.0943. The van der Waals surface area contributed by atoms with Crippen molar-refractivity contribution in [1.29, 1.82) is 0 Å². The van der Waals surface area contributed by atoms with E-state index in [4.69, 9.17) is 21.1 Å². The molecule has 3 rings (SSSR count). The highest BCUT2D eigenvalue weighted by atomic mass is 35.5. The van der Waals surface area contributed by atoms with E-state index in [0.717, 1.165) is 10.1 Å². The molecule has 0 N–H and O–H groups in total. The molecule has 0 aliphatic carbocycles. The Bertz CT molecular complexity index is 645. The van der Waals surface area contributed by atoms with Gasteiger partial charge in [0.05, 0.1) is 9.90 Å². The SMILES string of the molecule is CC(C)C(=O)c1sc2cc3c(cc2c1Cl)OCO3. The molecule has 0 fully saturated rings. The van der Waals surface area contributed by atoms with Gasteiger partial charge in [0.15, 0.2) is 17.3 Å². The van der Waals surface area contributed by atoms with Crippen LogP contribution >= 0.6 is 22.9 Å². The summed E-state index contributed by atoms with van der Waals surface area (Å²) in [6.07, 6.45) is 0. The quantitative estimate of drug-likeness (QED) is 0.777. The van der Waals surface area contributed by atoms with Gasteiger partial charge in [-0.3, -0.25) is 4.79 Å². The fourth-order valence-corrected chi connectivity index (χ4v) is 3.49. The van der Waals surface area contributed by atoms with Crippen molar-refractivity contribution in [2.75, 3.05) is 6.79 Å². The van der Waals surface area contributed by atoms with E-state index in [1.165, 1.54) is 11.3 Å². The number of halogens is 1. The van der Waals surface area contributed by atoms with Crippen LogP contribution < -0.4 is 9.47 Å². The molecule has 2 aromatic rings. The number of ketones is 1. The number of rotatable bonds is 2. The Morgan fingerprint density at radius 2 is 2.00 bits per heavy atom. The van der Waals surface area contributed by atoms with Crippen molar-refractivity contribution in [1.82, 2.24) is 0 Å². The largest absolute Gasteiger partial charge is 0.454 e. The third-order valence-corrected chi connectivity index (χ3v) is 4.54. The zero-order valence-electron chi connectivity index (χ0n) is 9.95. The number of benzene rings is 1. The number of carbonyl (C=O) groups is 1. The van der Waals surface area contributed by atoms with E-state index >= 15 is 0 Å². The van der Waals surface area contributed by atoms with Crippen molar-refractivity contribution in [3.8, 4) is 11.5 Å². The highest BCUT2D eigenvalue weighted by molar-refractivity contribution is 7.21. The zero-order valence-corrected chi connectivity index (χ0v) is 11.5. The smallest absolute Gasteiger partial charge is 0.231 e. The first-order chi connectivity index (χ1) is 8.58. The van der Waals surface area contributed by atoms with Gasteiger partial charge in [0.25, 0.3) is 0 Å². The number of hydrogen-bond donors (Lipinski definition) is 0. The van der Waals surface area contributed by atoms with Crippen LogP contribution in [0.15, 0.2) is 12.1 Å². The van der Waals surface area contributed by atoms with Gasteiger partial charge in [-0.1, -0.05) is 25.4 Å². The minimum atomic E-state index is -0.0603. The molecule has 0 saturated heterocycles. The molecule has 0 radical (unpaired) electrons. The third-order valence-electron chi connectivity index (χ3n) is 2.87. The molecular formula is C13H11ClO3S. The minimum absolute atomic E-state index is 0.0603. The Kier molecular flexibility index (Phi) is 2.72. The Morgan fingerprint density at radius 1 is 1.33 bits per heavy atom. The average molecular weight is 283 g/mol. The van der Waals surface area contributed by atoms with Gasteiger partial charge in [0, 0.05) is 22.1 Å². The third kappa shape index (κ3) is 1.68. The van der Waals surface area contributed by atoms with E-state index in [1.807, 2.05) is 26.0 Å². The predicted molar refractivity (Wildman–Crippen MR) is 72.1 cm³/mol. The van der Waals surface area contributed by atoms with Gasteiger partial charge in [-0.05, 0) is 6.07 Å². The normalized spacial score (nSPS) is 13.6. The van der Waals surface area contributed by atoms with Gasteiger partial charge < -0.3 is 9.47 Å². The topological polar surface area (TPSA) is 35.5 Å². The van der Waals surface area contributed by atoms with Crippen LogP contribution in [0.2, 0.25) is 5.02 Å². The molecule has 0 atom stereocenters. The van der Waals surface area contributed by atoms with E-state index in [-0.39, 0.29) is 18.5 Å². The maximum Gasteiger partial charge on any atom is 0.231 e. The first kappa shape index (κ1) is 11.8. The molecule has 0 spiro atoms. The number of Topliss-reactive ketones (excluding diaryl/α,β-unsaturated/α-hetero) is 1. The van der Waals surface area contributed by atoms with Crippen molar-refractivity contribution in [3.63, 3.8) is 0 Å². The maximum atomic E-state index is 12.1. The summed E-state index contributed by atoms with van der Waals surface area (Å²) >= 11 is 7.70. The molecule has 1 aromatic heterocycles. The first-order valence-corrected chi connectivity index (χ1v) is 6.83. The second kappa shape index (κ2) is 4.14. The number of thiophene rings is 1. The van der Waals surface area contributed by atoms with Gasteiger partial charge in [0.1, 0.15) is 0 Å². The van der Waals surface area contributed by atoms with Crippen LogP contribution in [-0.2, 0) is 0 Å². The van der Waals surface area contributed by atoms with Crippen molar-refractivity contribution < 1.29 is 14.3 Å². The molecule has 1 aliphatic heterocycles. The molecule has 5 heteroatoms. The lowest BCUT2D eigenvalue weighted by Gasteiger charge is -2.00. The summed E-state index contributed by atoms with van der Waals surface area (Å²) in [4.78, 5) is 12.7. The standard InChI is InChI=1S/C13H11ClO3S/c1-6(2)12(15)13-11(14)7-3-8-9(17-5-16-8)4-10(7)18-13/h3-4,6H,5H2,1-2H3. The van der Waals surface area contributed by atoms with Crippen LogP contribution in [0, 0.1) is 5.92 Å². The Balaban J connectivity index is 2.20. The minimum Gasteiger partial charge on any atom is -0.454 e. The lowest BCUT2D eigenvalue weighted by atomic mass is 10.1. The Labute approximate surface area is 113 Å². The zero-order chi connectivity index (χ0) is 12.9. The Morgan fingerprint density at radius 3 is 2.67 bits per heavy atom. The number of fused-ring (bicyclic) bond motifs is 2. The van der Waals surface area contributed by atoms with Crippen molar-refractivity contribution in [2.24, 2.45) is 5.92 Å². The highest BCUT2D eigenvalue weighted by Crippen LogP contribution is 2.43. The van der Waals surface area contributed by atoms with E-state index in [0.29, 0.717) is 21.4 Å². The number of hydrogen-bond acceptors (Lipinski definition) is 4. The average Bonchev–Trinajstić information content (AvgIpc) is 2.90. The van der Waals surface area contributed by atoms with Crippen LogP contribution in [0.4, 0.5) is 0 Å². The molecule has 0 unspecified atom stereocenters. The molecule has 18 heavy (non-hydrogen) atoms. The molecule has 2 heterocycles. The summed E-state index contributed by atoms with van der Waals surface area (Å²) < 4.78 is 11.6. The van der Waals surface area contributed by atoms with Crippen molar-refractivity contribution in [3.05, 3.63) is 22.0 Å². The molecular weight excluding hydrogens is 272 g/mol. The van der Waals surface area contributed by atoms with Crippen LogP contribution in [0.3, 0.4) is 0 Å². The van der Waals surface area contributed by atoms with Crippen LogP contribution in [-0.4, -0.2) is 12.6 Å². The molecule has 3 nitrogen and oxygen atoms in total. The molecule has 1 aliphatic rings. The summed E-state index contributed by atoms with van der Waals surface area (Å²) in [5, 5.41) is 1.38. The van der Waals surface area contributed by atoms with Crippen LogP contribution in [0.5, 0.6) is 11.5 Å². The predicted octanol–water partition coefficient (Wildman–Crippen LogP) is 4.12. The number of ether oxygens (including phenoxy) is 2. The summed E-state index contributed by atoms with van der Waals surface area (Å²) in [6, 6.07) is 3.72. The van der Waals surface area contributed by atoms with Gasteiger partial charge in [-0.2, -0.15) is 0 Å². The summed E-state index contributed by atoms with van der Waals surface area (Å²) in [5.41, 5.74) is 0. The van der Waals surface area contributed by atoms with Gasteiger partial charge in [0.2, 0.25) is 6.79 Å². The molecule has 94 valence electrons. The van der Waals surface area contributed by atoms with Crippen molar-refractivity contribution >= 4 is 38.8 Å². The number of carbonyl (C=O) groups excluding carboxylic acids is 1. The molecule has 0 amide bonds. The molecule has 0 bridgehead atoms. The van der Waals surface area contributed by atoms with Gasteiger partial charge >= 0.3 is 0 Å². The fraction of sp³-hybridized carbons (Fsp3) is 0.308. The van der Waals surface area contributed by atoms with E-state index in [9.17, 15) is 4.79 Å². The maximum absolute atomic E-state index is 12.1. The second-order valence-corrected chi connectivity index (χ2v) is 5.90. The fourth-order valence-electron chi connectivity index (χ4n) is 1.88. The lowest BCUT2D eigenvalue weighted by Crippen LogP contribution is -2.05. The van der Waals surface area contributed by atoms with Crippen LogP contribution in [0.25, 0.3) is 10.1 Å². The first-order valence-electron chi connectivity index (χ1n) is 5.64. The summed E-state index contributed by atoms with van der Waals surface area (Å²) in [5.74, 6) is 1.41. The van der Waals surface area contributed by atoms with Crippen LogP contribution in [0.1, 0.15) is 23.5 Å². The van der Waals surface area contributed by atoms with E-state index < -0.39 is 0 Å². The second-order valence-electron chi connectivity index (χ2n) is 4.47. The Hall–Kier alpha value is -1.26. The highest BCUT2D eigenvalue weighted by Gasteiger charge is 2.22. The van der Waals surface area contributed by atoms with Gasteiger partial charge in [-0.15, -0.1) is 11.3 Å². The van der Waals surface area contributed by atoms with Gasteiger partial charge in [-0.25, -0.2) is 0 Å². The monoisotopic (exact) mass is 282 g/mol.